The largest absolute Gasteiger partial charge is 0.462 e. The number of hydrogen-bond acceptors (Lipinski definition) is 4. The minimum absolute atomic E-state index is 0.221. The highest BCUT2D eigenvalue weighted by Crippen LogP contribution is 2.31. The molecule has 0 spiro atoms. The van der Waals surface area contributed by atoms with Crippen molar-refractivity contribution in [3.8, 4) is 11.1 Å². The van der Waals surface area contributed by atoms with Gasteiger partial charge in [-0.25, -0.2) is 12.7 Å². The van der Waals surface area contributed by atoms with Gasteiger partial charge < -0.3 is 4.42 Å². The van der Waals surface area contributed by atoms with Gasteiger partial charge in [-0.3, -0.25) is 4.98 Å². The highest BCUT2D eigenvalue weighted by molar-refractivity contribution is 7.89. The highest BCUT2D eigenvalue weighted by atomic mass is 35.5. The summed E-state index contributed by atoms with van der Waals surface area (Å²) in [6.07, 6.45) is 3.08. The number of aromatic nitrogens is 1. The summed E-state index contributed by atoms with van der Waals surface area (Å²) in [5, 5.41) is 0.484. The Labute approximate surface area is 133 Å². The van der Waals surface area contributed by atoms with Crippen molar-refractivity contribution in [2.24, 2.45) is 0 Å². The lowest BCUT2D eigenvalue weighted by atomic mass is 10.1. The van der Waals surface area contributed by atoms with Crippen LogP contribution in [0.4, 0.5) is 0 Å². The molecule has 2 aromatic heterocycles. The Morgan fingerprint density at radius 2 is 2.00 bits per heavy atom. The fourth-order valence-electron chi connectivity index (χ4n) is 2.13. The molecule has 0 aliphatic heterocycles. The van der Waals surface area contributed by atoms with E-state index in [4.69, 9.17) is 16.0 Å². The van der Waals surface area contributed by atoms with E-state index in [1.807, 2.05) is 6.07 Å². The number of furan rings is 1. The Morgan fingerprint density at radius 3 is 2.73 bits per heavy atom. The number of halogens is 1. The van der Waals surface area contributed by atoms with E-state index in [-0.39, 0.29) is 4.90 Å². The van der Waals surface area contributed by atoms with Crippen LogP contribution in [0.25, 0.3) is 22.2 Å². The summed E-state index contributed by atoms with van der Waals surface area (Å²) in [6, 6.07) is 8.35. The van der Waals surface area contributed by atoms with Crippen LogP contribution in [-0.2, 0) is 10.0 Å². The predicted molar refractivity (Wildman–Crippen MR) is 85.3 cm³/mol. The number of pyridine rings is 1. The zero-order chi connectivity index (χ0) is 15.9. The van der Waals surface area contributed by atoms with Crippen LogP contribution in [0.2, 0.25) is 5.02 Å². The van der Waals surface area contributed by atoms with Crippen LogP contribution in [0.3, 0.4) is 0 Å². The second-order valence-electron chi connectivity index (χ2n) is 4.96. The van der Waals surface area contributed by atoms with Crippen molar-refractivity contribution in [1.29, 1.82) is 0 Å². The maximum atomic E-state index is 12.2. The van der Waals surface area contributed by atoms with Crippen molar-refractivity contribution < 1.29 is 12.8 Å². The molecular weight excluding hydrogens is 324 g/mol. The zero-order valence-electron chi connectivity index (χ0n) is 11.9. The van der Waals surface area contributed by atoms with Gasteiger partial charge in [0.15, 0.2) is 5.58 Å². The highest BCUT2D eigenvalue weighted by Gasteiger charge is 2.18. The topological polar surface area (TPSA) is 63.4 Å². The summed E-state index contributed by atoms with van der Waals surface area (Å²) in [5.41, 5.74) is 2.64. The van der Waals surface area contributed by atoms with Crippen LogP contribution in [0.5, 0.6) is 0 Å². The molecule has 114 valence electrons. The second-order valence-corrected chi connectivity index (χ2v) is 7.55. The first-order valence-corrected chi connectivity index (χ1v) is 8.27. The summed E-state index contributed by atoms with van der Waals surface area (Å²) < 4.78 is 31.1. The monoisotopic (exact) mass is 336 g/mol. The summed E-state index contributed by atoms with van der Waals surface area (Å²) in [7, 11) is -0.492. The minimum atomic E-state index is -3.49. The Balaban J connectivity index is 2.16. The molecule has 5 nitrogen and oxygen atoms in total. The molecule has 3 rings (SSSR count). The van der Waals surface area contributed by atoms with Gasteiger partial charge in [-0.15, -0.1) is 0 Å². The molecule has 0 fully saturated rings. The normalized spacial score (nSPS) is 12.2. The van der Waals surface area contributed by atoms with Crippen LogP contribution >= 0.6 is 11.6 Å². The molecule has 1 aromatic carbocycles. The van der Waals surface area contributed by atoms with E-state index < -0.39 is 10.0 Å². The fraction of sp³-hybridized carbons (Fsp3) is 0.133. The van der Waals surface area contributed by atoms with Gasteiger partial charge in [-0.1, -0.05) is 23.7 Å². The van der Waals surface area contributed by atoms with E-state index in [0.717, 1.165) is 11.1 Å². The molecule has 0 atom stereocenters. The fourth-order valence-corrected chi connectivity index (χ4v) is 3.23. The Bertz CT molecular complexity index is 948. The summed E-state index contributed by atoms with van der Waals surface area (Å²) in [4.78, 5) is 4.48. The molecule has 7 heteroatoms. The van der Waals surface area contributed by atoms with Crippen molar-refractivity contribution in [3.05, 3.63) is 47.8 Å². The van der Waals surface area contributed by atoms with Crippen molar-refractivity contribution in [2.75, 3.05) is 14.1 Å². The second kappa shape index (κ2) is 5.39. The molecule has 0 N–H and O–H groups in total. The first-order chi connectivity index (χ1) is 10.4. The van der Waals surface area contributed by atoms with Gasteiger partial charge in [0.05, 0.1) is 9.92 Å². The van der Waals surface area contributed by atoms with Crippen molar-refractivity contribution in [1.82, 2.24) is 9.29 Å². The smallest absolute Gasteiger partial charge is 0.242 e. The maximum Gasteiger partial charge on any atom is 0.242 e. The van der Waals surface area contributed by atoms with Crippen molar-refractivity contribution in [3.63, 3.8) is 0 Å². The van der Waals surface area contributed by atoms with E-state index in [0.29, 0.717) is 16.1 Å². The molecule has 2 heterocycles. The van der Waals surface area contributed by atoms with Gasteiger partial charge in [-0.05, 0) is 17.7 Å². The molecule has 3 aromatic rings. The number of benzene rings is 1. The van der Waals surface area contributed by atoms with Gasteiger partial charge in [0.2, 0.25) is 10.0 Å². The van der Waals surface area contributed by atoms with Gasteiger partial charge in [0, 0.05) is 31.9 Å². The summed E-state index contributed by atoms with van der Waals surface area (Å²) >= 11 is 5.89. The molecule has 0 aliphatic rings. The van der Waals surface area contributed by atoms with Crippen LogP contribution in [-0.4, -0.2) is 31.8 Å². The summed E-state index contributed by atoms with van der Waals surface area (Å²) in [5.74, 6) is 0. The number of rotatable bonds is 3. The van der Waals surface area contributed by atoms with E-state index in [2.05, 4.69) is 4.98 Å². The predicted octanol–water partition coefficient (Wildman–Crippen LogP) is 3.40. The number of hydrogen-bond donors (Lipinski definition) is 0. The molecule has 0 amide bonds. The Hall–Kier alpha value is -1.89. The third-order valence-electron chi connectivity index (χ3n) is 3.30. The Kier molecular flexibility index (Phi) is 3.68. The molecule has 0 bridgehead atoms. The zero-order valence-corrected chi connectivity index (χ0v) is 13.5. The Morgan fingerprint density at radius 1 is 1.23 bits per heavy atom. The maximum absolute atomic E-state index is 12.2. The SMILES string of the molecule is CN(C)S(=O)(=O)c1cccc(-c2coc3cc(Cl)cnc23)c1. The molecular formula is C15H13ClN2O3S. The third-order valence-corrected chi connectivity index (χ3v) is 5.32. The van der Waals surface area contributed by atoms with E-state index in [9.17, 15) is 8.42 Å². The third kappa shape index (κ3) is 2.49. The van der Waals surface area contributed by atoms with Crippen LogP contribution in [0, 0.1) is 0 Å². The lowest BCUT2D eigenvalue weighted by Crippen LogP contribution is -2.22. The lowest BCUT2D eigenvalue weighted by molar-refractivity contribution is 0.521. The van der Waals surface area contributed by atoms with E-state index >= 15 is 0 Å². The standard InChI is InChI=1S/C15H13ClN2O3S/c1-18(2)22(19,20)12-5-3-4-10(6-12)13-9-21-14-7-11(16)8-17-15(13)14/h3-9H,1-2H3. The van der Waals surface area contributed by atoms with Gasteiger partial charge >= 0.3 is 0 Å². The molecule has 0 unspecified atom stereocenters. The molecule has 22 heavy (non-hydrogen) atoms. The average Bonchev–Trinajstić information content (AvgIpc) is 2.90. The van der Waals surface area contributed by atoms with E-state index in [1.54, 1.807) is 30.5 Å². The van der Waals surface area contributed by atoms with Crippen molar-refractivity contribution in [2.45, 2.75) is 4.90 Å². The molecule has 0 aliphatic carbocycles. The summed E-state index contributed by atoms with van der Waals surface area (Å²) in [6.45, 7) is 0. The van der Waals surface area contributed by atoms with Gasteiger partial charge in [0.25, 0.3) is 0 Å². The minimum Gasteiger partial charge on any atom is -0.462 e. The van der Waals surface area contributed by atoms with E-state index in [1.165, 1.54) is 24.6 Å². The first kappa shape index (κ1) is 15.0. The molecule has 0 radical (unpaired) electrons. The van der Waals surface area contributed by atoms with Crippen molar-refractivity contribution >= 4 is 32.7 Å². The van der Waals surface area contributed by atoms with Crippen LogP contribution < -0.4 is 0 Å². The lowest BCUT2D eigenvalue weighted by Gasteiger charge is -2.11. The van der Waals surface area contributed by atoms with Crippen LogP contribution in [0.1, 0.15) is 0 Å². The number of sulfonamides is 1. The van der Waals surface area contributed by atoms with Gasteiger partial charge in [-0.2, -0.15) is 0 Å². The molecule has 0 saturated heterocycles. The first-order valence-electron chi connectivity index (χ1n) is 6.45. The van der Waals surface area contributed by atoms with Crippen LogP contribution in [0.15, 0.2) is 52.1 Å². The number of nitrogens with zero attached hydrogens (tertiary/aromatic N) is 2. The molecule has 0 saturated carbocycles. The average molecular weight is 337 g/mol. The number of fused-ring (bicyclic) bond motifs is 1. The quantitative estimate of drug-likeness (QED) is 0.735. The van der Waals surface area contributed by atoms with Gasteiger partial charge in [0.1, 0.15) is 11.8 Å².